The van der Waals surface area contributed by atoms with Crippen LogP contribution in [0.25, 0.3) is 0 Å². The molecule has 2 bridgehead atoms. The van der Waals surface area contributed by atoms with E-state index in [0.29, 0.717) is 11.3 Å². The highest BCUT2D eigenvalue weighted by atomic mass is 16.3. The smallest absolute Gasteiger partial charge is 0.0623 e. The fourth-order valence-corrected chi connectivity index (χ4v) is 3.05. The molecular weight excluding hydrogens is 152 g/mol. The molecule has 12 heavy (non-hydrogen) atoms. The highest BCUT2D eigenvalue weighted by Crippen LogP contribution is 2.60. The van der Waals surface area contributed by atoms with Gasteiger partial charge in [0, 0.05) is 12.5 Å². The number of aliphatic hydroxyl groups excluding tert-OH is 2. The van der Waals surface area contributed by atoms with Gasteiger partial charge in [0.05, 0.1) is 6.10 Å². The topological polar surface area (TPSA) is 40.5 Å². The zero-order valence-corrected chi connectivity index (χ0v) is 7.83. The maximum absolute atomic E-state index is 9.85. The van der Waals surface area contributed by atoms with Crippen LogP contribution in [0, 0.1) is 23.2 Å². The van der Waals surface area contributed by atoms with E-state index >= 15 is 0 Å². The second kappa shape index (κ2) is 2.46. The van der Waals surface area contributed by atoms with Crippen molar-refractivity contribution < 1.29 is 10.2 Å². The number of hydrogen-bond donors (Lipinski definition) is 2. The fourth-order valence-electron chi connectivity index (χ4n) is 3.05. The predicted octanol–water partition coefficient (Wildman–Crippen LogP) is 1.02. The quantitative estimate of drug-likeness (QED) is 0.617. The minimum Gasteiger partial charge on any atom is -0.396 e. The molecule has 2 heteroatoms. The third-order valence-electron chi connectivity index (χ3n) is 4.26. The second-order valence-electron chi connectivity index (χ2n) is 5.03. The van der Waals surface area contributed by atoms with Crippen LogP contribution in [0.3, 0.4) is 0 Å². The summed E-state index contributed by atoms with van der Waals surface area (Å²) < 4.78 is 0. The Kier molecular flexibility index (Phi) is 1.74. The molecule has 2 nitrogen and oxygen atoms in total. The van der Waals surface area contributed by atoms with E-state index < -0.39 is 0 Å². The number of aliphatic hydroxyl groups is 2. The molecule has 4 atom stereocenters. The van der Waals surface area contributed by atoms with Gasteiger partial charge in [0.2, 0.25) is 0 Å². The lowest BCUT2D eigenvalue weighted by atomic mass is 9.46. The summed E-state index contributed by atoms with van der Waals surface area (Å²) in [5.74, 6) is 1.33. The summed E-state index contributed by atoms with van der Waals surface area (Å²) in [4.78, 5) is 0. The molecule has 3 rings (SSSR count). The summed E-state index contributed by atoms with van der Waals surface area (Å²) in [6.45, 7) is 4.63. The third kappa shape index (κ3) is 0.882. The Hall–Kier alpha value is -0.0800. The molecule has 0 aromatic rings. The third-order valence-corrected chi connectivity index (χ3v) is 4.26. The first-order valence-electron chi connectivity index (χ1n) is 4.86. The van der Waals surface area contributed by atoms with Gasteiger partial charge in [-0.15, -0.1) is 0 Å². The molecule has 0 unspecified atom stereocenters. The van der Waals surface area contributed by atoms with Gasteiger partial charge in [-0.3, -0.25) is 0 Å². The summed E-state index contributed by atoms with van der Waals surface area (Å²) >= 11 is 0. The van der Waals surface area contributed by atoms with Crippen molar-refractivity contribution in [2.75, 3.05) is 6.61 Å². The van der Waals surface area contributed by atoms with Crippen molar-refractivity contribution in [1.29, 1.82) is 0 Å². The summed E-state index contributed by atoms with van der Waals surface area (Å²) in [5, 5.41) is 18.9. The molecule has 3 aliphatic rings. The molecule has 0 aliphatic heterocycles. The number of rotatable bonds is 1. The largest absolute Gasteiger partial charge is 0.396 e. The number of hydrogen-bond acceptors (Lipinski definition) is 2. The van der Waals surface area contributed by atoms with Gasteiger partial charge in [-0.1, -0.05) is 13.8 Å². The fraction of sp³-hybridized carbons (Fsp3) is 1.00. The normalized spacial score (nSPS) is 50.0. The lowest BCUT2D eigenvalue weighted by Crippen LogP contribution is -2.58. The predicted molar refractivity (Wildman–Crippen MR) is 46.6 cm³/mol. The summed E-state index contributed by atoms with van der Waals surface area (Å²) in [5.41, 5.74) is 0.324. The molecule has 0 aromatic heterocycles. The van der Waals surface area contributed by atoms with Crippen molar-refractivity contribution in [3.63, 3.8) is 0 Å². The van der Waals surface area contributed by atoms with E-state index in [0.717, 1.165) is 12.3 Å². The maximum Gasteiger partial charge on any atom is 0.0623 e. The van der Waals surface area contributed by atoms with Crippen LogP contribution in [-0.2, 0) is 0 Å². The monoisotopic (exact) mass is 170 g/mol. The minimum absolute atomic E-state index is 0.154. The highest BCUT2D eigenvalue weighted by molar-refractivity contribution is 5.06. The average Bonchev–Trinajstić information content (AvgIpc) is 2.03. The summed E-state index contributed by atoms with van der Waals surface area (Å²) in [6, 6.07) is 0. The van der Waals surface area contributed by atoms with Crippen molar-refractivity contribution in [3.05, 3.63) is 0 Å². The van der Waals surface area contributed by atoms with Crippen molar-refractivity contribution in [3.8, 4) is 0 Å². The zero-order valence-electron chi connectivity index (χ0n) is 7.83. The van der Waals surface area contributed by atoms with Crippen LogP contribution >= 0.6 is 0 Å². The van der Waals surface area contributed by atoms with Gasteiger partial charge in [-0.05, 0) is 30.1 Å². The van der Waals surface area contributed by atoms with Crippen LogP contribution in [0.4, 0.5) is 0 Å². The molecular formula is C10H18O2. The number of fused-ring (bicyclic) bond motifs is 2. The first-order chi connectivity index (χ1) is 5.57. The van der Waals surface area contributed by atoms with Gasteiger partial charge in [-0.2, -0.15) is 0 Å². The Balaban J connectivity index is 2.11. The Morgan fingerprint density at radius 2 is 2.00 bits per heavy atom. The van der Waals surface area contributed by atoms with Gasteiger partial charge in [0.1, 0.15) is 0 Å². The molecule has 0 amide bonds. The van der Waals surface area contributed by atoms with Crippen LogP contribution < -0.4 is 0 Å². The molecule has 0 saturated heterocycles. The van der Waals surface area contributed by atoms with Gasteiger partial charge in [0.15, 0.2) is 0 Å². The van der Waals surface area contributed by atoms with Crippen molar-refractivity contribution >= 4 is 0 Å². The van der Waals surface area contributed by atoms with E-state index in [2.05, 4.69) is 13.8 Å². The Bertz CT molecular complexity index is 188. The van der Waals surface area contributed by atoms with Gasteiger partial charge in [-0.25, -0.2) is 0 Å². The van der Waals surface area contributed by atoms with E-state index in [-0.39, 0.29) is 18.6 Å². The van der Waals surface area contributed by atoms with Gasteiger partial charge < -0.3 is 10.2 Å². The molecule has 0 radical (unpaired) electrons. The van der Waals surface area contributed by atoms with E-state index in [1.54, 1.807) is 0 Å². The van der Waals surface area contributed by atoms with E-state index in [9.17, 15) is 5.11 Å². The molecule has 0 spiro atoms. The van der Waals surface area contributed by atoms with Crippen molar-refractivity contribution in [2.45, 2.75) is 32.8 Å². The average molecular weight is 170 g/mol. The maximum atomic E-state index is 9.85. The molecule has 70 valence electrons. The second-order valence-corrected chi connectivity index (χ2v) is 5.03. The van der Waals surface area contributed by atoms with Gasteiger partial charge >= 0.3 is 0 Å². The molecule has 2 N–H and O–H groups in total. The minimum atomic E-state index is -0.255. The summed E-state index contributed by atoms with van der Waals surface area (Å²) in [7, 11) is 0. The lowest BCUT2D eigenvalue weighted by Gasteiger charge is -2.60. The van der Waals surface area contributed by atoms with Crippen LogP contribution in [0.1, 0.15) is 26.7 Å². The van der Waals surface area contributed by atoms with Gasteiger partial charge in [0.25, 0.3) is 0 Å². The molecule has 3 saturated carbocycles. The van der Waals surface area contributed by atoms with Crippen molar-refractivity contribution in [1.82, 2.24) is 0 Å². The van der Waals surface area contributed by atoms with Crippen LogP contribution in [0.15, 0.2) is 0 Å². The molecule has 3 fully saturated rings. The SMILES string of the molecule is CC1(C)[C@H]2C[C@H](CO)[C@@H](O)[C@@H]1C2. The van der Waals surface area contributed by atoms with Crippen molar-refractivity contribution in [2.24, 2.45) is 23.2 Å². The van der Waals surface area contributed by atoms with Crippen LogP contribution in [0.5, 0.6) is 0 Å². The standard InChI is InChI=1S/C10H18O2/c1-10(2)7-3-6(5-11)9(12)8(10)4-7/h6-9,11-12H,3-5H2,1-2H3/t6-,7+,8+,9-/m1/s1. The van der Waals surface area contributed by atoms with Crippen LogP contribution in [0.2, 0.25) is 0 Å². The van der Waals surface area contributed by atoms with E-state index in [4.69, 9.17) is 5.11 Å². The highest BCUT2D eigenvalue weighted by Gasteiger charge is 2.57. The first-order valence-corrected chi connectivity index (χ1v) is 4.86. The first kappa shape index (κ1) is 8.52. The lowest BCUT2D eigenvalue weighted by molar-refractivity contribution is -0.176. The Morgan fingerprint density at radius 3 is 2.42 bits per heavy atom. The Morgan fingerprint density at radius 1 is 1.33 bits per heavy atom. The zero-order chi connectivity index (χ0) is 8.93. The molecule has 3 aliphatic carbocycles. The van der Waals surface area contributed by atoms with E-state index in [1.165, 1.54) is 6.42 Å². The Labute approximate surface area is 73.6 Å². The van der Waals surface area contributed by atoms with E-state index in [1.807, 2.05) is 0 Å². The van der Waals surface area contributed by atoms with Crippen LogP contribution in [-0.4, -0.2) is 22.9 Å². The molecule has 0 heterocycles. The summed E-state index contributed by atoms with van der Waals surface area (Å²) in [6.07, 6.45) is 1.93. The molecule has 0 aromatic carbocycles.